The molecule has 5 heterocycles. The SMILES string of the molecule is CCCS(=O)(=O)N1CCC(n2c(Cc3conc3C)nc3cnc4[nH]ccc4c32)CC1. The molecule has 4 aromatic rings. The monoisotopic (exact) mass is 442 g/mol. The van der Waals surface area contributed by atoms with Crippen LogP contribution < -0.4 is 0 Å². The Morgan fingerprint density at radius 1 is 1.29 bits per heavy atom. The van der Waals surface area contributed by atoms with Gasteiger partial charge >= 0.3 is 0 Å². The third kappa shape index (κ3) is 3.53. The average molecular weight is 443 g/mol. The first-order valence-electron chi connectivity index (χ1n) is 10.7. The average Bonchev–Trinajstić information content (AvgIpc) is 3.46. The standard InChI is InChI=1S/C21H26N6O3S/c1-3-10-31(28,29)26-8-5-16(6-9-26)27-19(11-15-13-30-25-14(15)2)24-18-12-23-21-17(20(18)27)4-7-22-21/h4,7,12-13,16H,3,5-6,8-11H2,1-2H3,(H,22,23). The molecule has 1 fully saturated rings. The molecule has 0 aliphatic carbocycles. The molecule has 0 bridgehead atoms. The molecule has 164 valence electrons. The molecule has 0 unspecified atom stereocenters. The Kier molecular flexibility index (Phi) is 5.05. The van der Waals surface area contributed by atoms with Gasteiger partial charge < -0.3 is 14.1 Å². The summed E-state index contributed by atoms with van der Waals surface area (Å²) in [7, 11) is -3.18. The molecule has 0 spiro atoms. The number of aromatic amines is 1. The van der Waals surface area contributed by atoms with Crippen LogP contribution in [0.5, 0.6) is 0 Å². The molecule has 1 saturated heterocycles. The second-order valence-corrected chi connectivity index (χ2v) is 10.3. The highest BCUT2D eigenvalue weighted by molar-refractivity contribution is 7.89. The Bertz CT molecular complexity index is 1330. The number of imidazole rings is 1. The van der Waals surface area contributed by atoms with Crippen molar-refractivity contribution in [2.24, 2.45) is 0 Å². The summed E-state index contributed by atoms with van der Waals surface area (Å²) in [6.07, 6.45) is 8.09. The van der Waals surface area contributed by atoms with E-state index in [4.69, 9.17) is 9.51 Å². The normalized spacial score (nSPS) is 16.6. The zero-order chi connectivity index (χ0) is 21.6. The van der Waals surface area contributed by atoms with Crippen LogP contribution in [0.1, 0.15) is 49.3 Å². The van der Waals surface area contributed by atoms with Gasteiger partial charge in [0.05, 0.1) is 23.2 Å². The summed E-state index contributed by atoms with van der Waals surface area (Å²) in [6.45, 7) is 4.88. The molecule has 9 nitrogen and oxygen atoms in total. The number of sulfonamides is 1. The minimum Gasteiger partial charge on any atom is -0.364 e. The van der Waals surface area contributed by atoms with Crippen molar-refractivity contribution >= 4 is 32.1 Å². The number of rotatable bonds is 6. The zero-order valence-electron chi connectivity index (χ0n) is 17.7. The van der Waals surface area contributed by atoms with E-state index in [1.807, 2.05) is 26.1 Å². The fourth-order valence-electron chi connectivity index (χ4n) is 4.58. The maximum Gasteiger partial charge on any atom is 0.214 e. The van der Waals surface area contributed by atoms with Gasteiger partial charge in [0.2, 0.25) is 10.0 Å². The van der Waals surface area contributed by atoms with E-state index < -0.39 is 10.0 Å². The van der Waals surface area contributed by atoms with E-state index >= 15 is 0 Å². The molecule has 31 heavy (non-hydrogen) atoms. The third-order valence-corrected chi connectivity index (χ3v) is 8.23. The van der Waals surface area contributed by atoms with Gasteiger partial charge in [0.1, 0.15) is 23.3 Å². The molecule has 0 amide bonds. The molecular weight excluding hydrogens is 416 g/mol. The van der Waals surface area contributed by atoms with Crippen LogP contribution in [0.4, 0.5) is 0 Å². The van der Waals surface area contributed by atoms with Gasteiger partial charge in [-0.05, 0) is 32.3 Å². The molecule has 0 atom stereocenters. The van der Waals surface area contributed by atoms with E-state index in [1.54, 1.807) is 16.8 Å². The maximum absolute atomic E-state index is 12.5. The molecule has 10 heteroatoms. The Morgan fingerprint density at radius 2 is 2.10 bits per heavy atom. The minimum absolute atomic E-state index is 0.161. The fraction of sp³-hybridized carbons (Fsp3) is 0.476. The van der Waals surface area contributed by atoms with Gasteiger partial charge in [-0.1, -0.05) is 12.1 Å². The zero-order valence-corrected chi connectivity index (χ0v) is 18.5. The van der Waals surface area contributed by atoms with Crippen LogP contribution >= 0.6 is 0 Å². The molecule has 0 radical (unpaired) electrons. The second-order valence-electron chi connectivity index (χ2n) is 8.18. The van der Waals surface area contributed by atoms with Gasteiger partial charge in [-0.3, -0.25) is 0 Å². The van der Waals surface area contributed by atoms with Crippen molar-refractivity contribution in [1.82, 2.24) is 29.0 Å². The molecule has 1 aliphatic rings. The lowest BCUT2D eigenvalue weighted by atomic mass is 10.0. The van der Waals surface area contributed by atoms with Crippen molar-refractivity contribution in [3.05, 3.63) is 41.8 Å². The summed E-state index contributed by atoms with van der Waals surface area (Å²) >= 11 is 0. The topological polar surface area (TPSA) is 110 Å². The van der Waals surface area contributed by atoms with Gasteiger partial charge in [0.25, 0.3) is 0 Å². The maximum atomic E-state index is 12.5. The predicted molar refractivity (Wildman–Crippen MR) is 117 cm³/mol. The van der Waals surface area contributed by atoms with Gasteiger partial charge in [-0.25, -0.2) is 22.7 Å². The van der Waals surface area contributed by atoms with Gasteiger partial charge in [-0.2, -0.15) is 0 Å². The number of fused-ring (bicyclic) bond motifs is 3. The highest BCUT2D eigenvalue weighted by Gasteiger charge is 2.30. The van der Waals surface area contributed by atoms with Crippen LogP contribution in [-0.2, 0) is 16.4 Å². The van der Waals surface area contributed by atoms with Crippen molar-refractivity contribution in [3.63, 3.8) is 0 Å². The third-order valence-electron chi connectivity index (χ3n) is 6.15. The number of H-pyrrole nitrogens is 1. The molecule has 4 aromatic heterocycles. The first-order chi connectivity index (χ1) is 15.0. The first kappa shape index (κ1) is 20.2. The van der Waals surface area contributed by atoms with E-state index in [1.165, 1.54) is 0 Å². The lowest BCUT2D eigenvalue weighted by molar-refractivity contribution is 0.274. The molecular formula is C21H26N6O3S. The van der Waals surface area contributed by atoms with Crippen molar-refractivity contribution in [2.75, 3.05) is 18.8 Å². The van der Waals surface area contributed by atoms with Gasteiger partial charge in [-0.15, -0.1) is 0 Å². The number of hydrogen-bond acceptors (Lipinski definition) is 6. The quantitative estimate of drug-likeness (QED) is 0.491. The number of hydrogen-bond donors (Lipinski definition) is 1. The van der Waals surface area contributed by atoms with Gasteiger partial charge in [0, 0.05) is 42.7 Å². The number of pyridine rings is 1. The van der Waals surface area contributed by atoms with Crippen molar-refractivity contribution in [3.8, 4) is 0 Å². The number of piperidine rings is 1. The molecule has 0 saturated carbocycles. The van der Waals surface area contributed by atoms with Crippen LogP contribution in [0, 0.1) is 6.92 Å². The van der Waals surface area contributed by atoms with Crippen molar-refractivity contribution < 1.29 is 12.9 Å². The lowest BCUT2D eigenvalue weighted by Gasteiger charge is -2.33. The van der Waals surface area contributed by atoms with E-state index in [0.717, 1.165) is 52.0 Å². The molecule has 0 aromatic carbocycles. The van der Waals surface area contributed by atoms with Crippen molar-refractivity contribution in [1.29, 1.82) is 0 Å². The summed E-state index contributed by atoms with van der Waals surface area (Å²) < 4.78 is 34.1. The van der Waals surface area contributed by atoms with Crippen LogP contribution in [0.3, 0.4) is 0 Å². The first-order valence-corrected chi connectivity index (χ1v) is 12.3. The Hall–Kier alpha value is -2.72. The fourth-order valence-corrected chi connectivity index (χ4v) is 6.12. The highest BCUT2D eigenvalue weighted by atomic mass is 32.2. The minimum atomic E-state index is -3.18. The van der Waals surface area contributed by atoms with Crippen LogP contribution in [-0.4, -0.2) is 56.2 Å². The number of nitrogens with zero attached hydrogens (tertiary/aromatic N) is 5. The Balaban J connectivity index is 1.56. The Morgan fingerprint density at radius 3 is 2.81 bits per heavy atom. The number of nitrogens with one attached hydrogen (secondary N) is 1. The van der Waals surface area contributed by atoms with E-state index in [9.17, 15) is 8.42 Å². The Labute approximate surface area is 180 Å². The molecule has 5 rings (SSSR count). The smallest absolute Gasteiger partial charge is 0.214 e. The molecule has 1 aliphatic heterocycles. The van der Waals surface area contributed by atoms with Crippen LogP contribution in [0.2, 0.25) is 0 Å². The lowest BCUT2D eigenvalue weighted by Crippen LogP contribution is -2.40. The van der Waals surface area contributed by atoms with E-state index in [0.29, 0.717) is 25.9 Å². The van der Waals surface area contributed by atoms with E-state index in [2.05, 4.69) is 19.7 Å². The van der Waals surface area contributed by atoms with E-state index in [-0.39, 0.29) is 11.8 Å². The van der Waals surface area contributed by atoms with Crippen LogP contribution in [0.15, 0.2) is 29.2 Å². The number of aryl methyl sites for hydroxylation is 1. The predicted octanol–water partition coefficient (Wildman–Crippen LogP) is 3.18. The summed E-state index contributed by atoms with van der Waals surface area (Å²) in [4.78, 5) is 12.6. The highest BCUT2D eigenvalue weighted by Crippen LogP contribution is 2.33. The largest absolute Gasteiger partial charge is 0.364 e. The summed E-state index contributed by atoms with van der Waals surface area (Å²) in [5, 5.41) is 5.03. The van der Waals surface area contributed by atoms with Crippen LogP contribution in [0.25, 0.3) is 22.1 Å². The summed E-state index contributed by atoms with van der Waals surface area (Å²) in [6, 6.07) is 2.19. The van der Waals surface area contributed by atoms with Crippen molar-refractivity contribution in [2.45, 2.75) is 45.6 Å². The second kappa shape index (κ2) is 7.76. The van der Waals surface area contributed by atoms with Gasteiger partial charge in [0.15, 0.2) is 0 Å². The summed E-state index contributed by atoms with van der Waals surface area (Å²) in [5.74, 6) is 1.13. The number of aromatic nitrogens is 5. The summed E-state index contributed by atoms with van der Waals surface area (Å²) in [5.41, 5.74) is 4.56. The molecule has 1 N–H and O–H groups in total.